The molecule has 0 radical (unpaired) electrons. The molecule has 5 heteroatoms. The summed E-state index contributed by atoms with van der Waals surface area (Å²) in [4.78, 5) is 4.56. The van der Waals surface area contributed by atoms with Crippen LogP contribution in [-0.2, 0) is 6.54 Å². The van der Waals surface area contributed by atoms with Gasteiger partial charge >= 0.3 is 0 Å². The van der Waals surface area contributed by atoms with E-state index < -0.39 is 0 Å². The van der Waals surface area contributed by atoms with E-state index in [9.17, 15) is 0 Å². The molecule has 0 saturated heterocycles. The lowest BCUT2D eigenvalue weighted by atomic mass is 10.2. The predicted octanol–water partition coefficient (Wildman–Crippen LogP) is 2.31. The average molecular weight is 260 g/mol. The third kappa shape index (κ3) is 2.50. The maximum Gasteiger partial charge on any atom is 0.127 e. The molecule has 0 spiro atoms. The summed E-state index contributed by atoms with van der Waals surface area (Å²) in [5, 5.41) is 8.94. The minimum atomic E-state index is -0.113. The van der Waals surface area contributed by atoms with Crippen LogP contribution in [0.3, 0.4) is 0 Å². The second kappa shape index (κ2) is 5.89. The van der Waals surface area contributed by atoms with Crippen molar-refractivity contribution < 1.29 is 0 Å². The van der Waals surface area contributed by atoms with E-state index in [2.05, 4.69) is 17.3 Å². The Bertz CT molecular complexity index is 570. The molecule has 1 unspecified atom stereocenters. The molecule has 1 heterocycles. The van der Waals surface area contributed by atoms with Gasteiger partial charge in [-0.25, -0.2) is 4.98 Å². The number of nitrogens with two attached hydrogens (primary N) is 1. The first kappa shape index (κ1) is 12.9. The lowest BCUT2D eigenvalue weighted by Crippen LogP contribution is -2.17. The van der Waals surface area contributed by atoms with Crippen molar-refractivity contribution in [2.24, 2.45) is 5.73 Å². The van der Waals surface area contributed by atoms with Crippen molar-refractivity contribution in [2.75, 3.05) is 12.0 Å². The standard InChI is InChI=1S/C13H16N4S/c1-18-9-6-10(15)13-16-11-4-2-3-5-12(11)17(13)8-7-14/h2-5,10H,6,8-9,15H2,1H3. The highest BCUT2D eigenvalue weighted by Crippen LogP contribution is 2.22. The van der Waals surface area contributed by atoms with E-state index in [1.165, 1.54) is 0 Å². The number of fused-ring (bicyclic) bond motifs is 1. The van der Waals surface area contributed by atoms with Crippen LogP contribution in [0, 0.1) is 11.3 Å². The summed E-state index contributed by atoms with van der Waals surface area (Å²) in [7, 11) is 0. The highest BCUT2D eigenvalue weighted by atomic mass is 32.2. The molecular weight excluding hydrogens is 244 g/mol. The third-order valence-corrected chi connectivity index (χ3v) is 3.52. The van der Waals surface area contributed by atoms with E-state index in [-0.39, 0.29) is 6.04 Å². The molecule has 18 heavy (non-hydrogen) atoms. The fourth-order valence-electron chi connectivity index (χ4n) is 1.99. The van der Waals surface area contributed by atoms with Crippen LogP contribution in [0.5, 0.6) is 0 Å². The fourth-order valence-corrected chi connectivity index (χ4v) is 2.48. The Morgan fingerprint density at radius 3 is 3.00 bits per heavy atom. The Morgan fingerprint density at radius 2 is 2.28 bits per heavy atom. The summed E-state index contributed by atoms with van der Waals surface area (Å²) >= 11 is 1.77. The lowest BCUT2D eigenvalue weighted by molar-refractivity contribution is 0.615. The summed E-state index contributed by atoms with van der Waals surface area (Å²) in [6, 6.07) is 9.89. The van der Waals surface area contributed by atoms with Crippen LogP contribution in [0.25, 0.3) is 11.0 Å². The quantitative estimate of drug-likeness (QED) is 0.895. The van der Waals surface area contributed by atoms with Crippen LogP contribution in [-0.4, -0.2) is 21.6 Å². The first-order valence-corrected chi connectivity index (χ1v) is 7.24. The second-order valence-corrected chi connectivity index (χ2v) is 5.08. The van der Waals surface area contributed by atoms with Crippen LogP contribution in [0.2, 0.25) is 0 Å². The Balaban J connectivity index is 2.42. The summed E-state index contributed by atoms with van der Waals surface area (Å²) in [6.07, 6.45) is 2.93. The van der Waals surface area contributed by atoms with Gasteiger partial charge in [0.15, 0.2) is 0 Å². The maximum atomic E-state index is 8.94. The van der Waals surface area contributed by atoms with Crippen molar-refractivity contribution >= 4 is 22.8 Å². The van der Waals surface area contributed by atoms with Crippen LogP contribution in [0.15, 0.2) is 24.3 Å². The molecule has 2 rings (SSSR count). The van der Waals surface area contributed by atoms with Crippen molar-refractivity contribution in [3.05, 3.63) is 30.1 Å². The number of rotatable bonds is 5. The topological polar surface area (TPSA) is 67.6 Å². The molecule has 0 aliphatic rings. The van der Waals surface area contributed by atoms with Crippen LogP contribution >= 0.6 is 11.8 Å². The van der Waals surface area contributed by atoms with Crippen molar-refractivity contribution in [1.29, 1.82) is 5.26 Å². The zero-order valence-electron chi connectivity index (χ0n) is 10.3. The van der Waals surface area contributed by atoms with Gasteiger partial charge in [-0.3, -0.25) is 0 Å². The van der Waals surface area contributed by atoms with Gasteiger partial charge in [0.05, 0.1) is 23.1 Å². The molecule has 0 aliphatic heterocycles. The lowest BCUT2D eigenvalue weighted by Gasteiger charge is -2.11. The number of aromatic nitrogens is 2. The number of hydrogen-bond acceptors (Lipinski definition) is 4. The summed E-state index contributed by atoms with van der Waals surface area (Å²) in [6.45, 7) is 0.294. The van der Waals surface area contributed by atoms with Gasteiger partial charge in [-0.15, -0.1) is 0 Å². The monoisotopic (exact) mass is 260 g/mol. The van der Waals surface area contributed by atoms with Crippen molar-refractivity contribution in [3.63, 3.8) is 0 Å². The van der Waals surface area contributed by atoms with Gasteiger partial charge in [0, 0.05) is 0 Å². The van der Waals surface area contributed by atoms with Gasteiger partial charge < -0.3 is 10.3 Å². The number of thioether (sulfide) groups is 1. The zero-order valence-corrected chi connectivity index (χ0v) is 11.2. The molecular formula is C13H16N4S. The van der Waals surface area contributed by atoms with Crippen molar-refractivity contribution in [1.82, 2.24) is 9.55 Å². The highest BCUT2D eigenvalue weighted by Gasteiger charge is 2.16. The molecule has 4 nitrogen and oxygen atoms in total. The molecule has 1 atom stereocenters. The van der Waals surface area contributed by atoms with Crippen LogP contribution in [0.1, 0.15) is 18.3 Å². The summed E-state index contributed by atoms with van der Waals surface area (Å²) in [5.74, 6) is 1.81. The number of para-hydroxylation sites is 2. The second-order valence-electron chi connectivity index (χ2n) is 4.09. The molecule has 0 aliphatic carbocycles. The van der Waals surface area contributed by atoms with Crippen LogP contribution in [0.4, 0.5) is 0 Å². The normalized spacial score (nSPS) is 12.5. The van der Waals surface area contributed by atoms with Gasteiger partial charge in [0.25, 0.3) is 0 Å². The van der Waals surface area contributed by atoms with Crippen molar-refractivity contribution in [3.8, 4) is 6.07 Å². The number of imidazole rings is 1. The molecule has 1 aromatic carbocycles. The largest absolute Gasteiger partial charge is 0.321 e. The number of nitrogens with zero attached hydrogens (tertiary/aromatic N) is 3. The Labute approximate surface area is 111 Å². The van der Waals surface area contributed by atoms with Gasteiger partial charge in [-0.2, -0.15) is 17.0 Å². The van der Waals surface area contributed by atoms with Crippen molar-refractivity contribution in [2.45, 2.75) is 19.0 Å². The molecule has 2 N–H and O–H groups in total. The summed E-state index contributed by atoms with van der Waals surface area (Å²) in [5.41, 5.74) is 8.06. The number of nitriles is 1. The third-order valence-electron chi connectivity index (χ3n) is 2.88. The van der Waals surface area contributed by atoms with E-state index in [1.807, 2.05) is 28.8 Å². The van der Waals surface area contributed by atoms with Gasteiger partial charge in [-0.1, -0.05) is 12.1 Å². The van der Waals surface area contributed by atoms with Crippen LogP contribution < -0.4 is 5.73 Å². The molecule has 0 amide bonds. The Hall–Kier alpha value is -1.51. The highest BCUT2D eigenvalue weighted by molar-refractivity contribution is 7.98. The molecule has 1 aromatic heterocycles. The Kier molecular flexibility index (Phi) is 4.24. The SMILES string of the molecule is CSCCC(N)c1nc2ccccc2n1CC#N. The smallest absolute Gasteiger partial charge is 0.127 e. The van der Waals surface area contributed by atoms with E-state index in [1.54, 1.807) is 11.8 Å². The first-order valence-electron chi connectivity index (χ1n) is 5.84. The minimum Gasteiger partial charge on any atom is -0.321 e. The molecule has 0 saturated carbocycles. The first-order chi connectivity index (χ1) is 8.77. The molecule has 94 valence electrons. The Morgan fingerprint density at radius 1 is 1.50 bits per heavy atom. The fraction of sp³-hybridized carbons (Fsp3) is 0.385. The summed E-state index contributed by atoms with van der Waals surface area (Å²) < 4.78 is 1.92. The molecule has 2 aromatic rings. The van der Waals surface area contributed by atoms with E-state index in [4.69, 9.17) is 11.0 Å². The molecule has 0 bridgehead atoms. The maximum absolute atomic E-state index is 8.94. The van der Waals surface area contributed by atoms with Gasteiger partial charge in [0.2, 0.25) is 0 Å². The predicted molar refractivity (Wildman–Crippen MR) is 75.3 cm³/mol. The van der Waals surface area contributed by atoms with Gasteiger partial charge in [0.1, 0.15) is 12.4 Å². The van der Waals surface area contributed by atoms with E-state index >= 15 is 0 Å². The van der Waals surface area contributed by atoms with E-state index in [0.29, 0.717) is 6.54 Å². The molecule has 0 fully saturated rings. The minimum absolute atomic E-state index is 0.113. The van der Waals surface area contributed by atoms with Gasteiger partial charge in [-0.05, 0) is 30.6 Å². The average Bonchev–Trinajstić information content (AvgIpc) is 2.76. The number of benzene rings is 1. The number of hydrogen-bond donors (Lipinski definition) is 1. The zero-order chi connectivity index (χ0) is 13.0. The van der Waals surface area contributed by atoms with E-state index in [0.717, 1.165) is 29.0 Å².